The smallest absolute Gasteiger partial charge is 0.334 e. The number of carbonyl (C=O) groups is 1. The van der Waals surface area contributed by atoms with Gasteiger partial charge in [-0.2, -0.15) is 0 Å². The molecule has 0 aromatic rings. The van der Waals surface area contributed by atoms with E-state index in [0.29, 0.717) is 6.61 Å². The van der Waals surface area contributed by atoms with Gasteiger partial charge in [0.15, 0.2) is 6.10 Å². The van der Waals surface area contributed by atoms with Crippen LogP contribution in [0, 0.1) is 0 Å². The van der Waals surface area contributed by atoms with Crippen LogP contribution in [0.2, 0.25) is 0 Å². The number of aliphatic hydroxyl groups is 1. The largest absolute Gasteiger partial charge is 0.464 e. The highest BCUT2D eigenvalue weighted by Gasteiger charge is 2.18. The number of esters is 1. The van der Waals surface area contributed by atoms with E-state index in [0.717, 1.165) is 25.5 Å². The van der Waals surface area contributed by atoms with Crippen LogP contribution in [0.4, 0.5) is 0 Å². The van der Waals surface area contributed by atoms with Crippen molar-refractivity contribution in [1.82, 2.24) is 0 Å². The maximum Gasteiger partial charge on any atom is 0.334 e. The third-order valence-corrected chi connectivity index (χ3v) is 3.75. The van der Waals surface area contributed by atoms with Gasteiger partial charge >= 0.3 is 5.97 Å². The minimum Gasteiger partial charge on any atom is -0.464 e. The van der Waals surface area contributed by atoms with Crippen LogP contribution in [-0.2, 0) is 19.4 Å². The predicted octanol–water partition coefficient (Wildman–Crippen LogP) is 1.69. The molecule has 0 aliphatic heterocycles. The topological polar surface area (TPSA) is 80.7 Å². The van der Waals surface area contributed by atoms with Gasteiger partial charge in [-0.25, -0.2) is 13.2 Å². The number of rotatable bonds is 11. The molecular weight excluding hydrogens is 268 g/mol. The molecule has 1 atom stereocenters. The lowest BCUT2D eigenvalue weighted by Gasteiger charge is -2.10. The molecule has 5 nitrogen and oxygen atoms in total. The predicted molar refractivity (Wildman–Crippen MR) is 74.7 cm³/mol. The Balaban J connectivity index is 3.57. The van der Waals surface area contributed by atoms with Gasteiger partial charge < -0.3 is 9.84 Å². The lowest BCUT2D eigenvalue weighted by atomic mass is 10.1. The van der Waals surface area contributed by atoms with Gasteiger partial charge in [-0.05, 0) is 12.8 Å². The van der Waals surface area contributed by atoms with Crippen molar-refractivity contribution in [2.45, 2.75) is 58.0 Å². The summed E-state index contributed by atoms with van der Waals surface area (Å²) in [7, 11) is -3.16. The third-order valence-electron chi connectivity index (χ3n) is 2.78. The number of unbranched alkanes of at least 4 members (excludes halogenated alkanes) is 5. The Morgan fingerprint density at radius 1 is 1.16 bits per heavy atom. The highest BCUT2D eigenvalue weighted by atomic mass is 32.2. The zero-order valence-electron chi connectivity index (χ0n) is 11.9. The Kier molecular flexibility index (Phi) is 9.87. The second-order valence-electron chi connectivity index (χ2n) is 4.87. The molecule has 6 heteroatoms. The zero-order chi connectivity index (χ0) is 14.7. The second kappa shape index (κ2) is 10.2. The minimum atomic E-state index is -3.16. The Morgan fingerprint density at radius 3 is 2.32 bits per heavy atom. The molecule has 1 N–H and O–H groups in total. The van der Waals surface area contributed by atoms with Gasteiger partial charge in [0.2, 0.25) is 0 Å². The molecule has 0 aliphatic rings. The van der Waals surface area contributed by atoms with Gasteiger partial charge in [0.25, 0.3) is 0 Å². The molecule has 0 saturated heterocycles. The van der Waals surface area contributed by atoms with Gasteiger partial charge in [-0.3, -0.25) is 0 Å². The fourth-order valence-electron chi connectivity index (χ4n) is 1.59. The van der Waals surface area contributed by atoms with Crippen molar-refractivity contribution in [3.8, 4) is 0 Å². The fourth-order valence-corrected chi connectivity index (χ4v) is 2.25. The fraction of sp³-hybridized carbons (Fsp3) is 0.923. The number of hydrogen-bond acceptors (Lipinski definition) is 5. The van der Waals surface area contributed by atoms with E-state index in [9.17, 15) is 18.3 Å². The van der Waals surface area contributed by atoms with Crippen molar-refractivity contribution >= 4 is 15.8 Å². The van der Waals surface area contributed by atoms with E-state index in [4.69, 9.17) is 4.74 Å². The first-order chi connectivity index (χ1) is 8.87. The highest BCUT2D eigenvalue weighted by molar-refractivity contribution is 7.90. The summed E-state index contributed by atoms with van der Waals surface area (Å²) in [5, 5.41) is 9.41. The molecule has 0 aromatic heterocycles. The Hall–Kier alpha value is -0.620. The molecule has 0 fully saturated rings. The molecule has 114 valence electrons. The van der Waals surface area contributed by atoms with Crippen LogP contribution < -0.4 is 0 Å². The van der Waals surface area contributed by atoms with E-state index >= 15 is 0 Å². The molecule has 19 heavy (non-hydrogen) atoms. The van der Waals surface area contributed by atoms with Crippen LogP contribution in [0.3, 0.4) is 0 Å². The van der Waals surface area contributed by atoms with Crippen LogP contribution in [0.5, 0.6) is 0 Å². The second-order valence-corrected chi connectivity index (χ2v) is 7.13. The van der Waals surface area contributed by atoms with Gasteiger partial charge in [0, 0.05) is 6.26 Å². The standard InChI is InChI=1S/C13H26O5S/c1-3-4-5-6-7-8-10-18-13(15)12(14)9-11-19(2,16)17/h12,14H,3-11H2,1-2H3. The summed E-state index contributed by atoms with van der Waals surface area (Å²) in [6.45, 7) is 2.45. The number of aliphatic hydroxyl groups excluding tert-OH is 1. The van der Waals surface area contributed by atoms with Crippen LogP contribution in [0.1, 0.15) is 51.9 Å². The number of ether oxygens (including phenoxy) is 1. The Morgan fingerprint density at radius 2 is 1.74 bits per heavy atom. The molecular formula is C13H26O5S. The minimum absolute atomic E-state index is 0.103. The van der Waals surface area contributed by atoms with Crippen molar-refractivity contribution in [2.24, 2.45) is 0 Å². The van der Waals surface area contributed by atoms with E-state index in [2.05, 4.69) is 6.92 Å². The summed E-state index contributed by atoms with van der Waals surface area (Å²) < 4.78 is 26.7. The first kappa shape index (κ1) is 18.4. The van der Waals surface area contributed by atoms with E-state index in [1.165, 1.54) is 19.3 Å². The first-order valence-corrected chi connectivity index (χ1v) is 8.95. The molecule has 0 bridgehead atoms. The van der Waals surface area contributed by atoms with Crippen LogP contribution in [0.25, 0.3) is 0 Å². The summed E-state index contributed by atoms with van der Waals surface area (Å²) in [6.07, 6.45) is 6.17. The molecule has 0 spiro atoms. The van der Waals surface area contributed by atoms with Crippen molar-refractivity contribution in [3.05, 3.63) is 0 Å². The lowest BCUT2D eigenvalue weighted by molar-refractivity contribution is -0.153. The van der Waals surface area contributed by atoms with Gasteiger partial charge in [0.05, 0.1) is 12.4 Å². The quantitative estimate of drug-likeness (QED) is 0.463. The van der Waals surface area contributed by atoms with Gasteiger partial charge in [-0.15, -0.1) is 0 Å². The molecule has 0 heterocycles. The van der Waals surface area contributed by atoms with E-state index in [1.54, 1.807) is 0 Å². The first-order valence-electron chi connectivity index (χ1n) is 6.89. The zero-order valence-corrected chi connectivity index (χ0v) is 12.7. The Labute approximate surface area is 116 Å². The molecule has 1 unspecified atom stereocenters. The molecule has 0 amide bonds. The van der Waals surface area contributed by atoms with E-state index < -0.39 is 21.9 Å². The monoisotopic (exact) mass is 294 g/mol. The maximum atomic E-state index is 11.3. The summed E-state index contributed by atoms with van der Waals surface area (Å²) >= 11 is 0. The summed E-state index contributed by atoms with van der Waals surface area (Å²) in [5.41, 5.74) is 0. The average molecular weight is 294 g/mol. The van der Waals surface area contributed by atoms with Crippen LogP contribution in [-0.4, -0.2) is 44.2 Å². The summed E-state index contributed by atoms with van der Waals surface area (Å²) in [4.78, 5) is 11.3. The number of sulfone groups is 1. The Bertz CT molecular complexity index is 337. The van der Waals surface area contributed by atoms with Crippen LogP contribution >= 0.6 is 0 Å². The van der Waals surface area contributed by atoms with Crippen molar-refractivity contribution in [1.29, 1.82) is 0 Å². The van der Waals surface area contributed by atoms with Crippen molar-refractivity contribution in [3.63, 3.8) is 0 Å². The molecule has 0 saturated carbocycles. The summed E-state index contributed by atoms with van der Waals surface area (Å²) in [6, 6.07) is 0. The van der Waals surface area contributed by atoms with Crippen molar-refractivity contribution < 1.29 is 23.1 Å². The molecule has 0 radical (unpaired) electrons. The van der Waals surface area contributed by atoms with Gasteiger partial charge in [-0.1, -0.05) is 39.0 Å². The average Bonchev–Trinajstić information content (AvgIpc) is 2.33. The van der Waals surface area contributed by atoms with Gasteiger partial charge in [0.1, 0.15) is 9.84 Å². The normalized spacial score (nSPS) is 13.2. The maximum absolute atomic E-state index is 11.3. The van der Waals surface area contributed by atoms with E-state index in [1.807, 2.05) is 0 Å². The summed E-state index contributed by atoms with van der Waals surface area (Å²) in [5.74, 6) is -0.933. The van der Waals surface area contributed by atoms with Crippen molar-refractivity contribution in [2.75, 3.05) is 18.6 Å². The SMILES string of the molecule is CCCCCCCCOC(=O)C(O)CCS(C)(=O)=O. The third kappa shape index (κ3) is 12.2. The van der Waals surface area contributed by atoms with Crippen LogP contribution in [0.15, 0.2) is 0 Å². The number of carbonyl (C=O) groups excluding carboxylic acids is 1. The van der Waals surface area contributed by atoms with E-state index in [-0.39, 0.29) is 12.2 Å². The number of hydrogen-bond donors (Lipinski definition) is 1. The molecule has 0 rings (SSSR count). The highest BCUT2D eigenvalue weighted by Crippen LogP contribution is 2.06. The lowest BCUT2D eigenvalue weighted by Crippen LogP contribution is -2.26. The molecule has 0 aliphatic carbocycles. The molecule has 0 aromatic carbocycles.